The maximum atomic E-state index is 12.1. The molecule has 0 saturated carbocycles. The quantitative estimate of drug-likeness (QED) is 0.109. The van der Waals surface area contributed by atoms with Crippen molar-refractivity contribution in [3.05, 3.63) is 107 Å². The van der Waals surface area contributed by atoms with Crippen LogP contribution < -0.4 is 9.47 Å². The highest BCUT2D eigenvalue weighted by atomic mass is 35.5. The first-order valence-electron chi connectivity index (χ1n) is 10.8. The highest BCUT2D eigenvalue weighted by Gasteiger charge is 2.19. The van der Waals surface area contributed by atoms with Gasteiger partial charge < -0.3 is 9.47 Å². The Labute approximate surface area is 230 Å². The minimum absolute atomic E-state index is 0.0364. The van der Waals surface area contributed by atoms with Gasteiger partial charge in [0.1, 0.15) is 27.9 Å². The van der Waals surface area contributed by atoms with Gasteiger partial charge in [-0.1, -0.05) is 41.6 Å². The minimum Gasteiger partial charge on any atom is -0.457 e. The number of hydrogen-bond donors (Lipinski definition) is 2. The molecule has 0 aromatic heterocycles. The molecule has 38 heavy (non-hydrogen) atoms. The first kappa shape index (κ1) is 29.5. The predicted molar refractivity (Wildman–Crippen MR) is 147 cm³/mol. The standard InChI is InChI=1S/C26H23ClO8S3/c1-3-5-20(6-4-15-36-25-16-19(27)8-7-18(25)2)35-24-14-11-22(17-26(24)38(31,32)33)34-21-9-12-23(13-10-21)37(28,29)30/h3-17H,1-2H3,(H,28,29,30)(H,31,32,33)/b5-3-,15-4+,20-6+. The molecule has 200 valence electrons. The summed E-state index contributed by atoms with van der Waals surface area (Å²) in [5, 5.41) is 2.44. The van der Waals surface area contributed by atoms with Crippen molar-refractivity contribution in [2.24, 2.45) is 0 Å². The van der Waals surface area contributed by atoms with Crippen LogP contribution in [0.15, 0.2) is 111 Å². The lowest BCUT2D eigenvalue weighted by atomic mass is 10.2. The number of halogens is 1. The highest BCUT2D eigenvalue weighted by molar-refractivity contribution is 8.02. The Hall–Kier alpha value is -3.06. The second kappa shape index (κ2) is 12.7. The lowest BCUT2D eigenvalue weighted by molar-refractivity contribution is 0.418. The average molecular weight is 595 g/mol. The molecule has 2 N–H and O–H groups in total. The SMILES string of the molecule is C\C=C/C(=C\C=C\Sc1cc(Cl)ccc1C)Oc1ccc(Oc2ccc(S(=O)(=O)O)cc2)cc1S(=O)(=O)O. The van der Waals surface area contributed by atoms with Crippen LogP contribution in [0.3, 0.4) is 0 Å². The van der Waals surface area contributed by atoms with E-state index in [4.69, 9.17) is 25.6 Å². The molecule has 0 unspecified atom stereocenters. The normalized spacial score (nSPS) is 12.8. The Bertz CT molecular complexity index is 1610. The Kier molecular flexibility index (Phi) is 9.82. The van der Waals surface area contributed by atoms with Crippen LogP contribution in [0.1, 0.15) is 12.5 Å². The van der Waals surface area contributed by atoms with Crippen molar-refractivity contribution in [2.75, 3.05) is 0 Å². The molecule has 0 saturated heterocycles. The molecule has 0 radical (unpaired) electrons. The van der Waals surface area contributed by atoms with Crippen LogP contribution in [0.4, 0.5) is 0 Å². The molecular weight excluding hydrogens is 572 g/mol. The van der Waals surface area contributed by atoms with Crippen molar-refractivity contribution in [2.45, 2.75) is 28.5 Å². The third-order valence-electron chi connectivity index (χ3n) is 4.79. The first-order chi connectivity index (χ1) is 17.9. The Morgan fingerprint density at radius 1 is 0.921 bits per heavy atom. The van der Waals surface area contributed by atoms with Crippen LogP contribution in [-0.4, -0.2) is 25.9 Å². The van der Waals surface area contributed by atoms with E-state index < -0.39 is 25.1 Å². The summed E-state index contributed by atoms with van der Waals surface area (Å²) < 4.78 is 76.8. The molecule has 0 atom stereocenters. The van der Waals surface area contributed by atoms with Gasteiger partial charge in [-0.25, -0.2) is 0 Å². The topological polar surface area (TPSA) is 127 Å². The summed E-state index contributed by atoms with van der Waals surface area (Å²) in [5.74, 6) is 0.359. The second-order valence-corrected chi connectivity index (χ2v) is 11.9. The van der Waals surface area contributed by atoms with Crippen molar-refractivity contribution in [1.82, 2.24) is 0 Å². The van der Waals surface area contributed by atoms with Crippen LogP contribution in [0.5, 0.6) is 17.2 Å². The van der Waals surface area contributed by atoms with Gasteiger partial charge in [-0.05, 0) is 85.5 Å². The molecule has 0 heterocycles. The fourth-order valence-electron chi connectivity index (χ4n) is 3.02. The molecule has 0 bridgehead atoms. The van der Waals surface area contributed by atoms with Crippen molar-refractivity contribution in [3.8, 4) is 17.2 Å². The van der Waals surface area contributed by atoms with Crippen molar-refractivity contribution in [1.29, 1.82) is 0 Å². The minimum atomic E-state index is -4.71. The van der Waals surface area contributed by atoms with Crippen molar-refractivity contribution >= 4 is 43.6 Å². The summed E-state index contributed by atoms with van der Waals surface area (Å²) in [7, 11) is -9.08. The smallest absolute Gasteiger partial charge is 0.298 e. The van der Waals surface area contributed by atoms with E-state index in [9.17, 15) is 21.4 Å². The molecular formula is C26H23ClO8S3. The summed E-state index contributed by atoms with van der Waals surface area (Å²) in [6.07, 6.45) is 6.67. The zero-order chi connectivity index (χ0) is 27.9. The number of ether oxygens (including phenoxy) is 2. The maximum Gasteiger partial charge on any atom is 0.298 e. The third kappa shape index (κ3) is 8.48. The molecule has 0 spiro atoms. The summed E-state index contributed by atoms with van der Waals surface area (Å²) >= 11 is 7.51. The van der Waals surface area contributed by atoms with E-state index in [0.717, 1.165) is 28.7 Å². The second-order valence-electron chi connectivity index (χ2n) is 7.66. The van der Waals surface area contributed by atoms with E-state index in [1.165, 1.54) is 36.0 Å². The van der Waals surface area contributed by atoms with Crippen LogP contribution in [0.25, 0.3) is 0 Å². The van der Waals surface area contributed by atoms with Crippen molar-refractivity contribution < 1.29 is 35.4 Å². The van der Waals surface area contributed by atoms with Gasteiger partial charge in [-0.2, -0.15) is 16.8 Å². The lowest BCUT2D eigenvalue weighted by Gasteiger charge is -2.12. The molecule has 3 aromatic carbocycles. The van der Waals surface area contributed by atoms with Crippen molar-refractivity contribution in [3.63, 3.8) is 0 Å². The molecule has 8 nitrogen and oxygen atoms in total. The molecule has 0 aliphatic rings. The zero-order valence-electron chi connectivity index (χ0n) is 20.1. The van der Waals surface area contributed by atoms with Gasteiger partial charge in [0.25, 0.3) is 20.2 Å². The zero-order valence-corrected chi connectivity index (χ0v) is 23.3. The monoisotopic (exact) mass is 594 g/mol. The highest BCUT2D eigenvalue weighted by Crippen LogP contribution is 2.33. The average Bonchev–Trinajstić information content (AvgIpc) is 2.84. The molecule has 0 aliphatic heterocycles. The number of benzene rings is 3. The van der Waals surface area contributed by atoms with Crippen LogP contribution >= 0.6 is 23.4 Å². The van der Waals surface area contributed by atoms with Crippen LogP contribution in [-0.2, 0) is 20.2 Å². The predicted octanol–water partition coefficient (Wildman–Crippen LogP) is 7.08. The number of rotatable bonds is 10. The molecule has 0 fully saturated rings. The van der Waals surface area contributed by atoms with E-state index in [2.05, 4.69) is 0 Å². The van der Waals surface area contributed by atoms with Gasteiger partial charge in [0, 0.05) is 16.0 Å². The van der Waals surface area contributed by atoms with E-state index in [-0.39, 0.29) is 22.1 Å². The molecule has 0 aliphatic carbocycles. The van der Waals surface area contributed by atoms with Crippen LogP contribution in [0, 0.1) is 6.92 Å². The largest absolute Gasteiger partial charge is 0.457 e. The number of hydrogen-bond acceptors (Lipinski definition) is 7. The Balaban J connectivity index is 1.83. The number of aryl methyl sites for hydroxylation is 1. The van der Waals surface area contributed by atoms with E-state index in [1.54, 1.807) is 31.2 Å². The van der Waals surface area contributed by atoms with Gasteiger partial charge >= 0.3 is 0 Å². The number of allylic oxidation sites excluding steroid dienone is 4. The Morgan fingerprint density at radius 3 is 2.24 bits per heavy atom. The summed E-state index contributed by atoms with van der Waals surface area (Å²) in [5.41, 5.74) is 1.06. The molecule has 0 amide bonds. The fraction of sp³-hybridized carbons (Fsp3) is 0.0769. The van der Waals surface area contributed by atoms with Gasteiger partial charge in [0.2, 0.25) is 0 Å². The lowest BCUT2D eigenvalue weighted by Crippen LogP contribution is -2.04. The van der Waals surface area contributed by atoms with Gasteiger partial charge in [0.15, 0.2) is 0 Å². The van der Waals surface area contributed by atoms with E-state index in [0.29, 0.717) is 10.8 Å². The third-order valence-corrected chi connectivity index (χ3v) is 7.76. The maximum absolute atomic E-state index is 12.1. The molecule has 3 aromatic rings. The van der Waals surface area contributed by atoms with Crippen LogP contribution in [0.2, 0.25) is 5.02 Å². The first-order valence-corrected chi connectivity index (χ1v) is 15.0. The molecule has 3 rings (SSSR count). The van der Waals surface area contributed by atoms with Gasteiger partial charge in [-0.15, -0.1) is 0 Å². The fourth-order valence-corrected chi connectivity index (χ4v) is 5.11. The van der Waals surface area contributed by atoms with Gasteiger partial charge in [-0.3, -0.25) is 9.11 Å². The summed E-state index contributed by atoms with van der Waals surface area (Å²) in [6, 6.07) is 14.2. The number of thioether (sulfide) groups is 1. The summed E-state index contributed by atoms with van der Waals surface area (Å²) in [4.78, 5) is 0.117. The Morgan fingerprint density at radius 2 is 1.61 bits per heavy atom. The van der Waals surface area contributed by atoms with E-state index >= 15 is 0 Å². The molecule has 12 heteroatoms. The van der Waals surface area contributed by atoms with E-state index in [1.807, 2.05) is 30.5 Å². The summed E-state index contributed by atoms with van der Waals surface area (Å²) in [6.45, 7) is 3.73. The van der Waals surface area contributed by atoms with Gasteiger partial charge in [0.05, 0.1) is 4.90 Å².